The highest BCUT2D eigenvalue weighted by Gasteiger charge is 2.34. The molecule has 0 bridgehead atoms. The molecular weight excluding hydrogens is 270 g/mol. The summed E-state index contributed by atoms with van der Waals surface area (Å²) < 4.78 is 0. The third-order valence-electron chi connectivity index (χ3n) is 3.71. The van der Waals surface area contributed by atoms with Crippen molar-refractivity contribution in [3.05, 3.63) is 33.9 Å². The van der Waals surface area contributed by atoms with Crippen molar-refractivity contribution in [1.82, 2.24) is 4.90 Å². The Morgan fingerprint density at radius 1 is 1.48 bits per heavy atom. The van der Waals surface area contributed by atoms with Gasteiger partial charge in [-0.25, -0.2) is 0 Å². The van der Waals surface area contributed by atoms with Crippen molar-refractivity contribution in [3.63, 3.8) is 0 Å². The van der Waals surface area contributed by atoms with E-state index in [-0.39, 0.29) is 28.9 Å². The first-order valence-electron chi connectivity index (χ1n) is 7.25. The first-order chi connectivity index (χ1) is 9.91. The Morgan fingerprint density at radius 2 is 2.14 bits per heavy atom. The zero-order chi connectivity index (χ0) is 15.6. The topological polar surface area (TPSA) is 89.5 Å². The molecule has 1 aromatic rings. The predicted molar refractivity (Wildman–Crippen MR) is 81.0 cm³/mol. The quantitative estimate of drug-likeness (QED) is 0.496. The summed E-state index contributed by atoms with van der Waals surface area (Å²) in [6.45, 7) is 4.89. The second-order valence-corrected chi connectivity index (χ2v) is 5.91. The second-order valence-electron chi connectivity index (χ2n) is 5.91. The lowest BCUT2D eigenvalue weighted by atomic mass is 10.1. The monoisotopic (exact) mass is 291 g/mol. The molecule has 1 aromatic carbocycles. The van der Waals surface area contributed by atoms with Gasteiger partial charge in [-0.3, -0.25) is 14.9 Å². The number of nitrogen functional groups attached to an aromatic ring is 1. The summed E-state index contributed by atoms with van der Waals surface area (Å²) in [5, 5.41) is 10.9. The number of amides is 1. The number of nitro groups is 1. The van der Waals surface area contributed by atoms with Crippen LogP contribution in [0.4, 0.5) is 11.4 Å². The lowest BCUT2D eigenvalue weighted by Gasteiger charge is -2.24. The Kier molecular flexibility index (Phi) is 4.45. The van der Waals surface area contributed by atoms with Crippen LogP contribution in [-0.4, -0.2) is 28.3 Å². The van der Waals surface area contributed by atoms with E-state index in [1.165, 1.54) is 12.1 Å². The van der Waals surface area contributed by atoms with Crippen LogP contribution in [-0.2, 0) is 0 Å². The van der Waals surface area contributed by atoms with E-state index in [2.05, 4.69) is 13.8 Å². The van der Waals surface area contributed by atoms with Gasteiger partial charge >= 0.3 is 0 Å². The molecule has 1 amide bonds. The fourth-order valence-corrected chi connectivity index (χ4v) is 2.29. The number of hydrogen-bond acceptors (Lipinski definition) is 4. The van der Waals surface area contributed by atoms with Gasteiger partial charge in [-0.05, 0) is 31.2 Å². The minimum atomic E-state index is -0.554. The molecule has 0 aromatic heterocycles. The number of nitro benzene ring substituents is 1. The third kappa shape index (κ3) is 3.51. The van der Waals surface area contributed by atoms with Crippen LogP contribution in [0.2, 0.25) is 0 Å². The molecule has 2 rings (SSSR count). The molecule has 114 valence electrons. The zero-order valence-electron chi connectivity index (χ0n) is 12.4. The molecule has 1 aliphatic rings. The fourth-order valence-electron chi connectivity index (χ4n) is 2.29. The van der Waals surface area contributed by atoms with Crippen molar-refractivity contribution in [2.75, 3.05) is 12.3 Å². The highest BCUT2D eigenvalue weighted by atomic mass is 16.6. The van der Waals surface area contributed by atoms with Gasteiger partial charge < -0.3 is 10.6 Å². The Bertz CT molecular complexity index is 553. The molecule has 6 nitrogen and oxygen atoms in total. The number of para-hydroxylation sites is 1. The second kappa shape index (κ2) is 6.11. The number of carbonyl (C=O) groups excluding carboxylic acids is 1. The number of rotatable bonds is 6. The van der Waals surface area contributed by atoms with Crippen LogP contribution in [0, 0.1) is 16.0 Å². The molecule has 0 heterocycles. The maximum atomic E-state index is 12.7. The molecular formula is C15H21N3O3. The maximum Gasteiger partial charge on any atom is 0.292 e. The number of nitrogens with two attached hydrogens (primary N) is 1. The molecule has 0 saturated heterocycles. The van der Waals surface area contributed by atoms with Crippen LogP contribution in [0.3, 0.4) is 0 Å². The molecule has 1 aliphatic carbocycles. The lowest BCUT2D eigenvalue weighted by Crippen LogP contribution is -2.35. The summed E-state index contributed by atoms with van der Waals surface area (Å²) in [6, 6.07) is 4.65. The minimum absolute atomic E-state index is 0.0392. The number of benzene rings is 1. The third-order valence-corrected chi connectivity index (χ3v) is 3.71. The van der Waals surface area contributed by atoms with Crippen molar-refractivity contribution in [2.45, 2.75) is 39.2 Å². The average Bonchev–Trinajstić information content (AvgIpc) is 3.22. The highest BCUT2D eigenvalue weighted by Crippen LogP contribution is 2.32. The summed E-state index contributed by atoms with van der Waals surface area (Å²) >= 11 is 0. The van der Waals surface area contributed by atoms with Crippen molar-refractivity contribution >= 4 is 17.3 Å². The van der Waals surface area contributed by atoms with E-state index in [1.54, 1.807) is 6.07 Å². The summed E-state index contributed by atoms with van der Waals surface area (Å²) in [5.41, 5.74) is 5.80. The van der Waals surface area contributed by atoms with Gasteiger partial charge in [0, 0.05) is 18.7 Å². The number of hydrogen-bond donors (Lipinski definition) is 1. The molecule has 0 atom stereocenters. The van der Waals surface area contributed by atoms with E-state index in [0.717, 1.165) is 19.3 Å². The van der Waals surface area contributed by atoms with Gasteiger partial charge in [0.2, 0.25) is 0 Å². The van der Waals surface area contributed by atoms with Gasteiger partial charge in [-0.1, -0.05) is 19.9 Å². The lowest BCUT2D eigenvalue weighted by molar-refractivity contribution is -0.383. The Labute approximate surface area is 124 Å². The van der Waals surface area contributed by atoms with Gasteiger partial charge in [0.25, 0.3) is 11.6 Å². The van der Waals surface area contributed by atoms with Gasteiger partial charge in [-0.15, -0.1) is 0 Å². The minimum Gasteiger partial charge on any atom is -0.393 e. The molecule has 0 spiro atoms. The van der Waals surface area contributed by atoms with Crippen LogP contribution in [0.15, 0.2) is 18.2 Å². The molecule has 0 radical (unpaired) electrons. The molecule has 1 saturated carbocycles. The smallest absolute Gasteiger partial charge is 0.292 e. The van der Waals surface area contributed by atoms with Crippen LogP contribution in [0.25, 0.3) is 0 Å². The van der Waals surface area contributed by atoms with Crippen LogP contribution in [0.5, 0.6) is 0 Å². The van der Waals surface area contributed by atoms with Gasteiger partial charge in [0.15, 0.2) is 0 Å². The predicted octanol–water partition coefficient (Wildman–Crippen LogP) is 2.83. The Morgan fingerprint density at radius 3 is 2.67 bits per heavy atom. The largest absolute Gasteiger partial charge is 0.393 e. The molecule has 0 aliphatic heterocycles. The SMILES string of the molecule is CC(C)CCN(C(=O)c1cccc([N+](=O)[O-])c1N)C1CC1. The molecule has 2 N–H and O–H groups in total. The summed E-state index contributed by atoms with van der Waals surface area (Å²) in [7, 11) is 0. The van der Waals surface area contributed by atoms with E-state index in [9.17, 15) is 14.9 Å². The van der Waals surface area contributed by atoms with Gasteiger partial charge in [0.05, 0.1) is 10.5 Å². The highest BCUT2D eigenvalue weighted by molar-refractivity contribution is 6.01. The number of nitrogens with zero attached hydrogens (tertiary/aromatic N) is 2. The van der Waals surface area contributed by atoms with E-state index in [4.69, 9.17) is 5.73 Å². The van der Waals surface area contributed by atoms with E-state index in [0.29, 0.717) is 12.5 Å². The molecule has 1 fully saturated rings. The van der Waals surface area contributed by atoms with Crippen molar-refractivity contribution < 1.29 is 9.72 Å². The first kappa shape index (κ1) is 15.3. The Balaban J connectivity index is 2.24. The standard InChI is InChI=1S/C15H21N3O3/c1-10(2)8-9-17(11-6-7-11)15(19)12-4-3-5-13(14(12)16)18(20)21/h3-5,10-11H,6-9,16H2,1-2H3. The normalized spacial score (nSPS) is 14.2. The average molecular weight is 291 g/mol. The van der Waals surface area contributed by atoms with E-state index in [1.807, 2.05) is 4.90 Å². The number of carbonyl (C=O) groups is 1. The van der Waals surface area contributed by atoms with Crippen LogP contribution < -0.4 is 5.73 Å². The molecule has 21 heavy (non-hydrogen) atoms. The van der Waals surface area contributed by atoms with Crippen molar-refractivity contribution in [3.8, 4) is 0 Å². The maximum absolute atomic E-state index is 12.7. The van der Waals surface area contributed by atoms with Gasteiger partial charge in [0.1, 0.15) is 5.69 Å². The summed E-state index contributed by atoms with van der Waals surface area (Å²) in [6.07, 6.45) is 2.91. The summed E-state index contributed by atoms with van der Waals surface area (Å²) in [5.74, 6) is 0.306. The fraction of sp³-hybridized carbons (Fsp3) is 0.533. The summed E-state index contributed by atoms with van der Waals surface area (Å²) in [4.78, 5) is 24.8. The van der Waals surface area contributed by atoms with Crippen molar-refractivity contribution in [2.24, 2.45) is 5.92 Å². The van der Waals surface area contributed by atoms with Crippen molar-refractivity contribution in [1.29, 1.82) is 0 Å². The van der Waals surface area contributed by atoms with E-state index >= 15 is 0 Å². The first-order valence-corrected chi connectivity index (χ1v) is 7.25. The molecule has 0 unspecified atom stereocenters. The Hall–Kier alpha value is -2.11. The number of anilines is 1. The van der Waals surface area contributed by atoms with E-state index < -0.39 is 4.92 Å². The molecule has 6 heteroatoms. The van der Waals surface area contributed by atoms with Crippen LogP contribution in [0.1, 0.15) is 43.5 Å². The zero-order valence-corrected chi connectivity index (χ0v) is 12.4. The van der Waals surface area contributed by atoms with Gasteiger partial charge in [-0.2, -0.15) is 0 Å². The van der Waals surface area contributed by atoms with Crippen LogP contribution >= 0.6 is 0 Å².